The number of likely N-dealkylation sites (N-methyl/N-ethyl adjacent to an activating group) is 2. The number of carbonyl (C=O) groups excluding carboxylic acids is 2. The largest absolute Gasteiger partial charge is 0.504 e. The van der Waals surface area contributed by atoms with E-state index in [1.807, 2.05) is 26.2 Å². The number of phenolic OH excluding ortho intramolecular Hbond substituents is 2. The average Bonchev–Trinajstić information content (AvgIpc) is 3.55. The first-order valence-electron chi connectivity index (χ1n) is 15.3. The molecule has 4 aliphatic heterocycles. The molecule has 0 amide bonds. The number of ether oxygens (including phenoxy) is 2. The fourth-order valence-corrected chi connectivity index (χ4v) is 10.3. The Morgan fingerprint density at radius 3 is 1.52 bits per heavy atom. The summed E-state index contributed by atoms with van der Waals surface area (Å²) < 4.78 is 11.8. The minimum Gasteiger partial charge on any atom is -0.504 e. The molecule has 0 saturated carbocycles. The average molecular weight is 599 g/mol. The third-order valence-electron chi connectivity index (χ3n) is 12.3. The van der Waals surface area contributed by atoms with Gasteiger partial charge >= 0.3 is 0 Å². The lowest BCUT2D eigenvalue weighted by atomic mass is 9.51. The number of nitrogens with zero attached hydrogens (tertiary/aromatic N) is 2. The second-order valence-electron chi connectivity index (χ2n) is 13.9. The Kier molecular flexibility index (Phi) is 4.92. The van der Waals surface area contributed by atoms with Crippen molar-refractivity contribution < 1.29 is 39.5 Å². The predicted octanol–water partition coefficient (Wildman–Crippen LogP) is 1.04. The zero-order valence-corrected chi connectivity index (χ0v) is 24.5. The molecule has 0 aromatic heterocycles. The number of piperidine rings is 2. The summed E-state index contributed by atoms with van der Waals surface area (Å²) in [6.07, 6.45) is 7.41. The van der Waals surface area contributed by atoms with E-state index >= 15 is 0 Å². The van der Waals surface area contributed by atoms with E-state index in [0.717, 1.165) is 35.3 Å². The van der Waals surface area contributed by atoms with Crippen molar-refractivity contribution in [3.05, 3.63) is 70.8 Å². The van der Waals surface area contributed by atoms with Gasteiger partial charge in [-0.1, -0.05) is 12.1 Å². The summed E-state index contributed by atoms with van der Waals surface area (Å²) in [5.74, 6) is 0.625. The third-order valence-corrected chi connectivity index (χ3v) is 12.3. The topological polar surface area (TPSA) is 140 Å². The smallest absolute Gasteiger partial charge is 0.196 e. The van der Waals surface area contributed by atoms with Gasteiger partial charge in [-0.2, -0.15) is 0 Å². The summed E-state index contributed by atoms with van der Waals surface area (Å²) in [4.78, 5) is 29.2. The first-order chi connectivity index (χ1) is 21.0. The van der Waals surface area contributed by atoms with E-state index in [4.69, 9.17) is 9.47 Å². The second-order valence-corrected chi connectivity index (χ2v) is 13.9. The molecule has 2 aromatic rings. The molecule has 2 saturated heterocycles. The molecular weight excluding hydrogens is 564 g/mol. The molecular formula is C34H34N2O8. The predicted molar refractivity (Wildman–Crippen MR) is 156 cm³/mol. The highest BCUT2D eigenvalue weighted by Crippen LogP contribution is 2.64. The van der Waals surface area contributed by atoms with Gasteiger partial charge in [0.1, 0.15) is 11.2 Å². The maximum atomic E-state index is 12.4. The number of benzene rings is 2. The molecule has 10 rings (SSSR count). The van der Waals surface area contributed by atoms with Gasteiger partial charge in [0.2, 0.25) is 0 Å². The summed E-state index contributed by atoms with van der Waals surface area (Å²) in [6.45, 7) is 1.59. The van der Waals surface area contributed by atoms with E-state index < -0.39 is 34.2 Å². The van der Waals surface area contributed by atoms with Crippen molar-refractivity contribution in [2.45, 2.75) is 72.0 Å². The molecule has 8 aliphatic rings. The Morgan fingerprint density at radius 2 is 1.11 bits per heavy atom. The number of carbonyl (C=O) groups is 2. The standard InChI is InChI=1S/2C17H17NO4/c2*1-18-7-6-16-13-9-2-3-10(19)14(13)22-15(16)11(20)4-5-17(16,21)12(18)8-9/h2*2-5,12,15,19,21H,6-8H2,1H3/t2*12-,15+,16?,17?/m11/s1. The Labute approximate surface area is 253 Å². The van der Waals surface area contributed by atoms with Gasteiger partial charge in [-0.05, 0) is 100 Å². The molecule has 8 atom stereocenters. The summed E-state index contributed by atoms with van der Waals surface area (Å²) in [6, 6.07) is 6.88. The van der Waals surface area contributed by atoms with E-state index in [0.29, 0.717) is 37.2 Å². The summed E-state index contributed by atoms with van der Waals surface area (Å²) in [5, 5.41) is 43.5. The van der Waals surface area contributed by atoms with Crippen LogP contribution in [0.5, 0.6) is 23.0 Å². The van der Waals surface area contributed by atoms with Crippen molar-refractivity contribution in [3.8, 4) is 23.0 Å². The van der Waals surface area contributed by atoms with E-state index in [9.17, 15) is 30.0 Å². The maximum absolute atomic E-state index is 12.4. The van der Waals surface area contributed by atoms with E-state index in [1.165, 1.54) is 12.2 Å². The molecule has 4 bridgehead atoms. The van der Waals surface area contributed by atoms with Crippen LogP contribution >= 0.6 is 0 Å². The van der Waals surface area contributed by atoms with Crippen molar-refractivity contribution in [1.82, 2.24) is 9.80 Å². The summed E-state index contributed by atoms with van der Waals surface area (Å²) >= 11 is 0. The molecule has 4 aliphatic carbocycles. The van der Waals surface area contributed by atoms with Crippen LogP contribution in [0.3, 0.4) is 0 Å². The van der Waals surface area contributed by atoms with E-state index in [-0.39, 0.29) is 35.1 Å². The lowest BCUT2D eigenvalue weighted by Gasteiger charge is -2.60. The minimum atomic E-state index is -1.13. The highest BCUT2D eigenvalue weighted by molar-refractivity contribution is 5.99. The lowest BCUT2D eigenvalue weighted by Crippen LogP contribution is -2.74. The van der Waals surface area contributed by atoms with Crippen LogP contribution in [0.25, 0.3) is 0 Å². The van der Waals surface area contributed by atoms with E-state index in [2.05, 4.69) is 9.80 Å². The lowest BCUT2D eigenvalue weighted by molar-refractivity contribution is -0.151. The first-order valence-corrected chi connectivity index (χ1v) is 15.3. The normalized spacial score (nSPS) is 41.3. The van der Waals surface area contributed by atoms with Gasteiger partial charge < -0.3 is 29.9 Å². The van der Waals surface area contributed by atoms with Crippen molar-refractivity contribution in [2.75, 3.05) is 27.2 Å². The molecule has 2 aromatic carbocycles. The van der Waals surface area contributed by atoms with Gasteiger partial charge in [0.15, 0.2) is 46.8 Å². The number of likely N-dealkylation sites (tertiary alicyclic amines) is 2. The van der Waals surface area contributed by atoms with Gasteiger partial charge in [0, 0.05) is 23.2 Å². The van der Waals surface area contributed by atoms with Crippen LogP contribution < -0.4 is 9.47 Å². The van der Waals surface area contributed by atoms with Gasteiger partial charge in [-0.25, -0.2) is 0 Å². The number of aliphatic hydroxyl groups is 2. The van der Waals surface area contributed by atoms with Crippen LogP contribution in [0.1, 0.15) is 35.1 Å². The van der Waals surface area contributed by atoms with Gasteiger partial charge in [-0.15, -0.1) is 0 Å². The van der Waals surface area contributed by atoms with Crippen molar-refractivity contribution in [2.24, 2.45) is 0 Å². The fraction of sp³-hybridized carbons (Fsp3) is 0.471. The number of hydrogen-bond acceptors (Lipinski definition) is 10. The minimum absolute atomic E-state index is 0.0510. The second kappa shape index (κ2) is 8.11. The van der Waals surface area contributed by atoms with Crippen molar-refractivity contribution >= 4 is 11.6 Å². The Morgan fingerprint density at radius 1 is 0.705 bits per heavy atom. The first kappa shape index (κ1) is 26.7. The van der Waals surface area contributed by atoms with Gasteiger partial charge in [-0.3, -0.25) is 19.4 Å². The van der Waals surface area contributed by atoms with Crippen LogP contribution in [-0.2, 0) is 33.3 Å². The highest BCUT2D eigenvalue weighted by Gasteiger charge is 2.73. The van der Waals surface area contributed by atoms with Crippen molar-refractivity contribution in [3.63, 3.8) is 0 Å². The molecule has 4 unspecified atom stereocenters. The molecule has 10 heteroatoms. The molecule has 4 N–H and O–H groups in total. The van der Waals surface area contributed by atoms with Crippen LogP contribution in [-0.4, -0.2) is 104 Å². The monoisotopic (exact) mass is 598 g/mol. The number of phenols is 2. The molecule has 0 radical (unpaired) electrons. The number of aromatic hydroxyl groups is 2. The molecule has 228 valence electrons. The third kappa shape index (κ3) is 2.71. The van der Waals surface area contributed by atoms with Crippen LogP contribution in [0.4, 0.5) is 0 Å². The van der Waals surface area contributed by atoms with Gasteiger partial charge in [0.25, 0.3) is 0 Å². The zero-order valence-electron chi connectivity index (χ0n) is 24.5. The Hall–Kier alpha value is -3.70. The van der Waals surface area contributed by atoms with Gasteiger partial charge in [0.05, 0.1) is 10.8 Å². The Bertz CT molecular complexity index is 1640. The molecule has 44 heavy (non-hydrogen) atoms. The molecule has 4 heterocycles. The molecule has 10 nitrogen and oxygen atoms in total. The van der Waals surface area contributed by atoms with Crippen LogP contribution in [0.15, 0.2) is 48.6 Å². The summed E-state index contributed by atoms with van der Waals surface area (Å²) in [5.41, 5.74) is 0.0354. The highest BCUT2D eigenvalue weighted by atomic mass is 16.5. The number of ketones is 2. The zero-order chi connectivity index (χ0) is 30.6. The molecule has 2 spiro atoms. The quantitative estimate of drug-likeness (QED) is 0.348. The molecule has 2 fully saturated rings. The van der Waals surface area contributed by atoms with E-state index in [1.54, 1.807) is 24.3 Å². The fourth-order valence-electron chi connectivity index (χ4n) is 10.3. The Balaban J connectivity index is 0.000000123. The maximum Gasteiger partial charge on any atom is 0.196 e. The van der Waals surface area contributed by atoms with Crippen molar-refractivity contribution in [1.29, 1.82) is 0 Å². The van der Waals surface area contributed by atoms with Crippen LogP contribution in [0, 0.1) is 0 Å². The number of hydrogen-bond donors (Lipinski definition) is 4. The summed E-state index contributed by atoms with van der Waals surface area (Å²) in [7, 11) is 4.02. The SMILES string of the molecule is CN1CCC23c4c5ccc(O)c4O[C@H]2C(=O)C=CC3(O)[C@H]1C5.CN1CCC23c4c5ccc(O)c4O[C@H]2C(=O)C=CC3(O)[C@H]1C5. The van der Waals surface area contributed by atoms with Crippen LogP contribution in [0.2, 0.25) is 0 Å². The number of rotatable bonds is 0.